The van der Waals surface area contributed by atoms with E-state index < -0.39 is 0 Å². The highest BCUT2D eigenvalue weighted by Crippen LogP contribution is 2.34. The molecule has 1 aromatic heterocycles. The molecule has 0 aliphatic carbocycles. The lowest BCUT2D eigenvalue weighted by atomic mass is 10.0. The Hall–Kier alpha value is -0.770. The molecule has 0 aliphatic rings. The number of halogens is 3. The van der Waals surface area contributed by atoms with E-state index >= 15 is 0 Å². The van der Waals surface area contributed by atoms with Gasteiger partial charge in [-0.1, -0.05) is 25.4 Å². The molecular weight excluding hydrogens is 373 g/mol. The molecule has 0 unspecified atom stereocenters. The number of rotatable bonds is 4. The highest BCUT2D eigenvalue weighted by Gasteiger charge is 2.13. The molecule has 1 aromatic carbocycles. The number of hydrogen-bond acceptors (Lipinski definition) is 2. The first-order valence-electron chi connectivity index (χ1n) is 6.60. The molecular formula is C16H16BrCl2NO. The average molecular weight is 389 g/mol. The fraction of sp³-hybridized carbons (Fsp3) is 0.312. The van der Waals surface area contributed by atoms with E-state index in [-0.39, 0.29) is 0 Å². The van der Waals surface area contributed by atoms with Crippen LogP contribution in [0.15, 0.2) is 28.9 Å². The standard InChI is InChI=1S/C16H16BrCl2NO/c1-9(2)13-6-15(10(3)4-14(13)19)21-16-11(7-18)5-12(17)8-20-16/h4-6,8-9H,7H2,1-3H3. The van der Waals surface area contributed by atoms with Crippen LogP contribution in [-0.4, -0.2) is 4.98 Å². The van der Waals surface area contributed by atoms with Crippen molar-refractivity contribution in [3.63, 3.8) is 0 Å². The van der Waals surface area contributed by atoms with E-state index in [1.165, 1.54) is 0 Å². The van der Waals surface area contributed by atoms with E-state index in [2.05, 4.69) is 34.8 Å². The molecule has 0 bridgehead atoms. The van der Waals surface area contributed by atoms with E-state index in [4.69, 9.17) is 27.9 Å². The number of hydrogen-bond donors (Lipinski definition) is 0. The molecule has 1 heterocycles. The zero-order valence-electron chi connectivity index (χ0n) is 12.1. The lowest BCUT2D eigenvalue weighted by Gasteiger charge is -2.15. The van der Waals surface area contributed by atoms with Gasteiger partial charge in [0.15, 0.2) is 0 Å². The van der Waals surface area contributed by atoms with Crippen molar-refractivity contribution in [2.45, 2.75) is 32.6 Å². The van der Waals surface area contributed by atoms with Crippen molar-refractivity contribution in [2.24, 2.45) is 0 Å². The smallest absolute Gasteiger partial charge is 0.223 e. The Morgan fingerprint density at radius 3 is 2.62 bits per heavy atom. The Labute approximate surface area is 143 Å². The summed E-state index contributed by atoms with van der Waals surface area (Å²) in [7, 11) is 0. The van der Waals surface area contributed by atoms with Crippen molar-refractivity contribution in [3.8, 4) is 11.6 Å². The summed E-state index contributed by atoms with van der Waals surface area (Å²) in [6.07, 6.45) is 1.69. The summed E-state index contributed by atoms with van der Waals surface area (Å²) in [6, 6.07) is 5.81. The molecule has 0 fully saturated rings. The quantitative estimate of drug-likeness (QED) is 0.560. The third-order valence-corrected chi connectivity index (χ3v) is 4.21. The zero-order valence-corrected chi connectivity index (χ0v) is 15.2. The Kier molecular flexibility index (Phi) is 5.53. The molecule has 0 saturated heterocycles. The maximum Gasteiger partial charge on any atom is 0.223 e. The van der Waals surface area contributed by atoms with Crippen LogP contribution in [0, 0.1) is 6.92 Å². The van der Waals surface area contributed by atoms with E-state index in [1.54, 1.807) is 6.20 Å². The van der Waals surface area contributed by atoms with Gasteiger partial charge in [0.25, 0.3) is 0 Å². The largest absolute Gasteiger partial charge is 0.438 e. The van der Waals surface area contributed by atoms with Gasteiger partial charge in [0.1, 0.15) is 5.75 Å². The van der Waals surface area contributed by atoms with Gasteiger partial charge in [-0.15, -0.1) is 11.6 Å². The average Bonchev–Trinajstić information content (AvgIpc) is 2.42. The minimum absolute atomic E-state index is 0.325. The molecule has 112 valence electrons. The van der Waals surface area contributed by atoms with Crippen LogP contribution in [0.3, 0.4) is 0 Å². The van der Waals surface area contributed by atoms with Crippen LogP contribution >= 0.6 is 39.1 Å². The van der Waals surface area contributed by atoms with Gasteiger partial charge in [-0.25, -0.2) is 4.98 Å². The molecule has 0 atom stereocenters. The van der Waals surface area contributed by atoms with Crippen LogP contribution in [0.5, 0.6) is 11.6 Å². The topological polar surface area (TPSA) is 22.1 Å². The van der Waals surface area contributed by atoms with Crippen molar-refractivity contribution in [1.29, 1.82) is 0 Å². The Morgan fingerprint density at radius 2 is 2.00 bits per heavy atom. The first-order chi connectivity index (χ1) is 9.92. The number of ether oxygens (including phenoxy) is 1. The van der Waals surface area contributed by atoms with Crippen LogP contribution in [-0.2, 0) is 5.88 Å². The monoisotopic (exact) mass is 387 g/mol. The first-order valence-corrected chi connectivity index (χ1v) is 8.31. The number of pyridine rings is 1. The van der Waals surface area contributed by atoms with E-state index in [0.29, 0.717) is 17.7 Å². The zero-order chi connectivity index (χ0) is 15.6. The first kappa shape index (κ1) is 16.6. The van der Waals surface area contributed by atoms with E-state index in [0.717, 1.165) is 31.9 Å². The van der Waals surface area contributed by atoms with Crippen molar-refractivity contribution in [1.82, 2.24) is 4.98 Å². The molecule has 2 nitrogen and oxygen atoms in total. The van der Waals surface area contributed by atoms with E-state index in [9.17, 15) is 0 Å². The molecule has 21 heavy (non-hydrogen) atoms. The summed E-state index contributed by atoms with van der Waals surface area (Å²) in [4.78, 5) is 4.30. The normalized spacial score (nSPS) is 11.0. The SMILES string of the molecule is Cc1cc(Cl)c(C(C)C)cc1Oc1ncc(Br)cc1CCl. The van der Waals surface area contributed by atoms with Crippen LogP contribution in [0.2, 0.25) is 5.02 Å². The van der Waals surface area contributed by atoms with Gasteiger partial charge in [0.05, 0.1) is 5.88 Å². The number of aryl methyl sites for hydroxylation is 1. The number of alkyl halides is 1. The molecule has 0 N–H and O–H groups in total. The minimum Gasteiger partial charge on any atom is -0.438 e. The fourth-order valence-electron chi connectivity index (χ4n) is 1.98. The second-order valence-corrected chi connectivity index (χ2v) is 6.74. The summed E-state index contributed by atoms with van der Waals surface area (Å²) in [5, 5.41) is 0.760. The van der Waals surface area contributed by atoms with Crippen LogP contribution in [0.25, 0.3) is 0 Å². The van der Waals surface area contributed by atoms with Gasteiger partial charge in [0, 0.05) is 21.3 Å². The summed E-state index contributed by atoms with van der Waals surface area (Å²) in [5.41, 5.74) is 2.86. The third-order valence-electron chi connectivity index (χ3n) is 3.16. The molecule has 0 radical (unpaired) electrons. The van der Waals surface area contributed by atoms with Crippen molar-refractivity contribution in [2.75, 3.05) is 0 Å². The van der Waals surface area contributed by atoms with Gasteiger partial charge in [-0.3, -0.25) is 0 Å². The highest BCUT2D eigenvalue weighted by molar-refractivity contribution is 9.10. The predicted octanol–water partition coefficient (Wildman–Crippen LogP) is 6.46. The van der Waals surface area contributed by atoms with Gasteiger partial charge in [0.2, 0.25) is 5.88 Å². The summed E-state index contributed by atoms with van der Waals surface area (Å²) in [5.74, 6) is 1.94. The summed E-state index contributed by atoms with van der Waals surface area (Å²) < 4.78 is 6.83. The van der Waals surface area contributed by atoms with Crippen molar-refractivity contribution >= 4 is 39.1 Å². The second kappa shape index (κ2) is 6.99. The van der Waals surface area contributed by atoms with Crippen LogP contribution in [0.4, 0.5) is 0 Å². The van der Waals surface area contributed by atoms with Gasteiger partial charge in [-0.2, -0.15) is 0 Å². The lowest BCUT2D eigenvalue weighted by molar-refractivity contribution is 0.454. The van der Waals surface area contributed by atoms with Gasteiger partial charge < -0.3 is 4.74 Å². The minimum atomic E-state index is 0.325. The molecule has 0 saturated carbocycles. The lowest BCUT2D eigenvalue weighted by Crippen LogP contribution is -1.97. The van der Waals surface area contributed by atoms with E-state index in [1.807, 2.05) is 25.1 Å². The van der Waals surface area contributed by atoms with Gasteiger partial charge in [-0.05, 0) is 58.1 Å². The molecule has 5 heteroatoms. The fourth-order valence-corrected chi connectivity index (χ4v) is 2.99. The highest BCUT2D eigenvalue weighted by atomic mass is 79.9. The van der Waals surface area contributed by atoms with Crippen molar-refractivity contribution < 1.29 is 4.74 Å². The Balaban J connectivity index is 2.42. The van der Waals surface area contributed by atoms with Crippen LogP contribution < -0.4 is 4.74 Å². The maximum atomic E-state index is 6.28. The summed E-state index contributed by atoms with van der Waals surface area (Å²) in [6.45, 7) is 6.16. The second-order valence-electron chi connectivity index (χ2n) is 5.15. The number of nitrogens with zero attached hydrogens (tertiary/aromatic N) is 1. The summed E-state index contributed by atoms with van der Waals surface area (Å²) >= 11 is 15.6. The van der Waals surface area contributed by atoms with Crippen molar-refractivity contribution in [3.05, 3.63) is 50.6 Å². The number of benzene rings is 1. The van der Waals surface area contributed by atoms with Crippen LogP contribution in [0.1, 0.15) is 36.5 Å². The van der Waals surface area contributed by atoms with Gasteiger partial charge >= 0.3 is 0 Å². The molecule has 2 aromatic rings. The molecule has 0 amide bonds. The predicted molar refractivity (Wildman–Crippen MR) is 91.8 cm³/mol. The molecule has 0 aliphatic heterocycles. The number of aromatic nitrogens is 1. The maximum absolute atomic E-state index is 6.28. The molecule has 2 rings (SSSR count). The Morgan fingerprint density at radius 1 is 1.29 bits per heavy atom. The Bertz CT molecular complexity index is 659. The third kappa shape index (κ3) is 3.91. The molecule has 0 spiro atoms.